The van der Waals surface area contributed by atoms with E-state index >= 15 is 0 Å². The molecule has 80 valence electrons. The van der Waals surface area contributed by atoms with Crippen molar-refractivity contribution in [3.8, 4) is 0 Å². The second-order valence-electron chi connectivity index (χ2n) is 4.32. The van der Waals surface area contributed by atoms with Crippen LogP contribution in [-0.4, -0.2) is 19.4 Å². The quantitative estimate of drug-likeness (QED) is 0.683. The van der Waals surface area contributed by atoms with E-state index in [1.807, 2.05) is 6.34 Å². The molecule has 0 aromatic heterocycles. The minimum absolute atomic E-state index is 0.973. The van der Waals surface area contributed by atoms with Gasteiger partial charge in [0, 0.05) is 18.8 Å². The summed E-state index contributed by atoms with van der Waals surface area (Å²) in [6, 6.07) is 4.48. The molecule has 0 atom stereocenters. The van der Waals surface area contributed by atoms with Crippen molar-refractivity contribution >= 4 is 12.0 Å². The third-order valence-corrected chi connectivity index (χ3v) is 2.83. The SMILES string of the molecule is Cc1cc(C)c(N2C=NCCC2)c(C)c1. The van der Waals surface area contributed by atoms with E-state index in [1.165, 1.54) is 22.4 Å². The van der Waals surface area contributed by atoms with Gasteiger partial charge in [0.15, 0.2) is 0 Å². The van der Waals surface area contributed by atoms with Crippen molar-refractivity contribution in [3.63, 3.8) is 0 Å². The van der Waals surface area contributed by atoms with Crippen molar-refractivity contribution in [2.75, 3.05) is 18.0 Å². The number of nitrogens with zero attached hydrogens (tertiary/aromatic N) is 2. The molecule has 15 heavy (non-hydrogen) atoms. The van der Waals surface area contributed by atoms with Crippen molar-refractivity contribution in [2.45, 2.75) is 27.2 Å². The maximum atomic E-state index is 4.34. The molecule has 2 heteroatoms. The van der Waals surface area contributed by atoms with Gasteiger partial charge in [-0.25, -0.2) is 0 Å². The Kier molecular flexibility index (Phi) is 2.76. The predicted molar refractivity (Wildman–Crippen MR) is 66.0 cm³/mol. The Labute approximate surface area is 91.6 Å². The van der Waals surface area contributed by atoms with Gasteiger partial charge in [-0.3, -0.25) is 4.99 Å². The average molecular weight is 202 g/mol. The van der Waals surface area contributed by atoms with Gasteiger partial charge in [-0.15, -0.1) is 0 Å². The summed E-state index contributed by atoms with van der Waals surface area (Å²) in [6.07, 6.45) is 3.14. The second-order valence-corrected chi connectivity index (χ2v) is 4.32. The van der Waals surface area contributed by atoms with Gasteiger partial charge in [-0.2, -0.15) is 0 Å². The number of benzene rings is 1. The van der Waals surface area contributed by atoms with Gasteiger partial charge < -0.3 is 4.90 Å². The van der Waals surface area contributed by atoms with E-state index in [2.05, 4.69) is 42.8 Å². The molecule has 0 bridgehead atoms. The Bertz CT molecular complexity index is 371. The maximum Gasteiger partial charge on any atom is 0.0894 e. The molecule has 0 saturated heterocycles. The lowest BCUT2D eigenvalue weighted by atomic mass is 10.0. The summed E-state index contributed by atoms with van der Waals surface area (Å²) in [5.41, 5.74) is 5.37. The molecule has 0 saturated carbocycles. The molecular weight excluding hydrogens is 184 g/mol. The molecule has 1 aromatic carbocycles. The van der Waals surface area contributed by atoms with Gasteiger partial charge in [0.1, 0.15) is 0 Å². The lowest BCUT2D eigenvalue weighted by molar-refractivity contribution is 0.798. The van der Waals surface area contributed by atoms with E-state index in [1.54, 1.807) is 0 Å². The normalized spacial score (nSPS) is 15.8. The molecular formula is C13H18N2. The number of hydrogen-bond acceptors (Lipinski definition) is 2. The van der Waals surface area contributed by atoms with Crippen molar-refractivity contribution in [1.82, 2.24) is 0 Å². The third kappa shape index (κ3) is 2.04. The molecule has 0 amide bonds. The highest BCUT2D eigenvalue weighted by Crippen LogP contribution is 2.26. The predicted octanol–water partition coefficient (Wildman–Crippen LogP) is 2.85. The highest BCUT2D eigenvalue weighted by molar-refractivity contribution is 5.83. The van der Waals surface area contributed by atoms with Crippen LogP contribution in [0.15, 0.2) is 17.1 Å². The molecule has 1 aliphatic rings. The third-order valence-electron chi connectivity index (χ3n) is 2.83. The van der Waals surface area contributed by atoms with Crippen LogP contribution >= 0.6 is 0 Å². The second kappa shape index (κ2) is 4.05. The van der Waals surface area contributed by atoms with E-state index < -0.39 is 0 Å². The molecule has 0 N–H and O–H groups in total. The lowest BCUT2D eigenvalue weighted by Crippen LogP contribution is -2.28. The van der Waals surface area contributed by atoms with Crippen LogP contribution in [0.1, 0.15) is 23.1 Å². The standard InChI is InChI=1S/C13H18N2/c1-10-7-11(2)13(12(3)8-10)15-6-4-5-14-9-15/h7-9H,4-6H2,1-3H3. The molecule has 0 aliphatic carbocycles. The summed E-state index contributed by atoms with van der Waals surface area (Å²) in [5.74, 6) is 0. The van der Waals surface area contributed by atoms with Crippen LogP contribution in [0, 0.1) is 20.8 Å². The zero-order valence-corrected chi connectivity index (χ0v) is 9.75. The highest BCUT2D eigenvalue weighted by Gasteiger charge is 2.12. The zero-order valence-electron chi connectivity index (χ0n) is 9.75. The van der Waals surface area contributed by atoms with Gasteiger partial charge in [0.05, 0.1) is 6.34 Å². The molecule has 1 heterocycles. The van der Waals surface area contributed by atoms with Crippen molar-refractivity contribution in [3.05, 3.63) is 28.8 Å². The van der Waals surface area contributed by atoms with E-state index in [-0.39, 0.29) is 0 Å². The van der Waals surface area contributed by atoms with Crippen molar-refractivity contribution in [2.24, 2.45) is 4.99 Å². The largest absolute Gasteiger partial charge is 0.332 e. The van der Waals surface area contributed by atoms with Gasteiger partial charge in [-0.05, 0) is 38.3 Å². The van der Waals surface area contributed by atoms with Gasteiger partial charge in [0.2, 0.25) is 0 Å². The summed E-state index contributed by atoms with van der Waals surface area (Å²) < 4.78 is 0. The Balaban J connectivity index is 2.42. The first-order valence-corrected chi connectivity index (χ1v) is 5.53. The van der Waals surface area contributed by atoms with Gasteiger partial charge in [-0.1, -0.05) is 17.7 Å². The fraction of sp³-hybridized carbons (Fsp3) is 0.462. The smallest absolute Gasteiger partial charge is 0.0894 e. The Morgan fingerprint density at radius 1 is 1.13 bits per heavy atom. The molecule has 1 aromatic rings. The number of aliphatic imine (C=N–C) groups is 1. The molecule has 0 fully saturated rings. The molecule has 2 nitrogen and oxygen atoms in total. The highest BCUT2D eigenvalue weighted by atomic mass is 15.2. The van der Waals surface area contributed by atoms with Crippen LogP contribution in [0.25, 0.3) is 0 Å². The van der Waals surface area contributed by atoms with Crippen molar-refractivity contribution in [1.29, 1.82) is 0 Å². The van der Waals surface area contributed by atoms with E-state index in [9.17, 15) is 0 Å². The number of aryl methyl sites for hydroxylation is 3. The molecule has 0 radical (unpaired) electrons. The van der Waals surface area contributed by atoms with Gasteiger partial charge >= 0.3 is 0 Å². The topological polar surface area (TPSA) is 15.6 Å². The number of anilines is 1. The summed E-state index contributed by atoms with van der Waals surface area (Å²) in [7, 11) is 0. The molecule has 2 rings (SSSR count). The van der Waals surface area contributed by atoms with Crippen LogP contribution in [0.3, 0.4) is 0 Å². The number of rotatable bonds is 1. The van der Waals surface area contributed by atoms with Crippen molar-refractivity contribution < 1.29 is 0 Å². The minimum atomic E-state index is 0.973. The van der Waals surface area contributed by atoms with Crippen LogP contribution in [0.2, 0.25) is 0 Å². The monoisotopic (exact) mass is 202 g/mol. The Hall–Kier alpha value is -1.31. The summed E-state index contributed by atoms with van der Waals surface area (Å²) >= 11 is 0. The first-order chi connectivity index (χ1) is 7.18. The van der Waals surface area contributed by atoms with Crippen LogP contribution in [0.5, 0.6) is 0 Å². The van der Waals surface area contributed by atoms with E-state index in [0.717, 1.165) is 19.5 Å². The maximum absolute atomic E-state index is 4.34. The van der Waals surface area contributed by atoms with Crippen LogP contribution in [0.4, 0.5) is 5.69 Å². The molecule has 1 aliphatic heterocycles. The fourth-order valence-corrected chi connectivity index (χ4v) is 2.34. The molecule has 0 spiro atoms. The lowest BCUT2D eigenvalue weighted by Gasteiger charge is -2.26. The van der Waals surface area contributed by atoms with Crippen LogP contribution in [-0.2, 0) is 0 Å². The Morgan fingerprint density at radius 2 is 1.80 bits per heavy atom. The molecule has 0 unspecified atom stereocenters. The summed E-state index contributed by atoms with van der Waals surface area (Å²) in [5, 5.41) is 0. The average Bonchev–Trinajstić information content (AvgIpc) is 2.17. The van der Waals surface area contributed by atoms with Crippen LogP contribution < -0.4 is 4.90 Å². The fourth-order valence-electron chi connectivity index (χ4n) is 2.34. The first-order valence-electron chi connectivity index (χ1n) is 5.53. The van der Waals surface area contributed by atoms with E-state index in [4.69, 9.17) is 0 Å². The summed E-state index contributed by atoms with van der Waals surface area (Å²) in [6.45, 7) is 8.57. The van der Waals surface area contributed by atoms with Gasteiger partial charge in [0.25, 0.3) is 0 Å². The minimum Gasteiger partial charge on any atom is -0.332 e. The Morgan fingerprint density at radius 3 is 2.33 bits per heavy atom. The zero-order chi connectivity index (χ0) is 10.8. The first kappa shape index (κ1) is 10.2. The summed E-state index contributed by atoms with van der Waals surface area (Å²) in [4.78, 5) is 6.61. The van der Waals surface area contributed by atoms with E-state index in [0.29, 0.717) is 0 Å². The number of hydrogen-bond donors (Lipinski definition) is 0.